The van der Waals surface area contributed by atoms with Crippen molar-refractivity contribution in [2.24, 2.45) is 40.3 Å². The van der Waals surface area contributed by atoms with Gasteiger partial charge in [-0.05, 0) is 70.7 Å². The van der Waals surface area contributed by atoms with Crippen LogP contribution >= 0.6 is 0 Å². The second kappa shape index (κ2) is 28.6. The van der Waals surface area contributed by atoms with Gasteiger partial charge in [-0.1, -0.05) is 6.42 Å². The Morgan fingerprint density at radius 2 is 0.892 bits per heavy atom. The van der Waals surface area contributed by atoms with Crippen molar-refractivity contribution in [1.29, 1.82) is 0 Å². The zero-order valence-electron chi connectivity index (χ0n) is 24.1. The van der Waals surface area contributed by atoms with Crippen molar-refractivity contribution in [2.75, 3.05) is 124 Å². The number of nitrogens with zero attached hydrogens (tertiary/aromatic N) is 3. The lowest BCUT2D eigenvalue weighted by molar-refractivity contribution is 0.189. The van der Waals surface area contributed by atoms with E-state index >= 15 is 0 Å². The molecule has 0 aliphatic carbocycles. The molecule has 0 amide bonds. The van der Waals surface area contributed by atoms with Crippen molar-refractivity contribution in [2.45, 2.75) is 38.5 Å². The van der Waals surface area contributed by atoms with E-state index in [2.05, 4.69) is 25.3 Å². The third-order valence-corrected chi connectivity index (χ3v) is 6.94. The zero-order chi connectivity index (χ0) is 27.4. The third-order valence-electron chi connectivity index (χ3n) is 6.94. The van der Waals surface area contributed by atoms with Crippen LogP contribution in [0.25, 0.3) is 0 Å². The Bertz CT molecular complexity index is 433. The van der Waals surface area contributed by atoms with Crippen molar-refractivity contribution in [1.82, 2.24) is 25.3 Å². The SMILES string of the molecule is NCCCCCN(CCC(CCN)CCN)CCN(CCNCCN)CCNCCN(CCN)CCN. The summed E-state index contributed by atoms with van der Waals surface area (Å²) in [6.45, 7) is 17.3. The third kappa shape index (κ3) is 23.2. The predicted octanol–water partition coefficient (Wildman–Crippen LogP) is -2.22. The highest BCUT2D eigenvalue weighted by Gasteiger charge is 2.13. The van der Waals surface area contributed by atoms with Crippen molar-refractivity contribution < 1.29 is 0 Å². The summed E-state index contributed by atoms with van der Waals surface area (Å²) in [6, 6.07) is 0. The van der Waals surface area contributed by atoms with Crippen LogP contribution in [0.1, 0.15) is 38.5 Å². The summed E-state index contributed by atoms with van der Waals surface area (Å²) in [5.41, 5.74) is 34.5. The number of nitrogens with two attached hydrogens (primary N) is 6. The molecule has 0 saturated heterocycles. The van der Waals surface area contributed by atoms with Crippen LogP contribution in [-0.4, -0.2) is 139 Å². The highest BCUT2D eigenvalue weighted by atomic mass is 15.2. The van der Waals surface area contributed by atoms with Gasteiger partial charge >= 0.3 is 0 Å². The van der Waals surface area contributed by atoms with E-state index in [-0.39, 0.29) is 0 Å². The molecule has 0 aromatic carbocycles. The van der Waals surface area contributed by atoms with Crippen LogP contribution in [0.2, 0.25) is 0 Å². The van der Waals surface area contributed by atoms with Crippen LogP contribution in [0.5, 0.6) is 0 Å². The molecule has 0 fully saturated rings. The molecular formula is C26H65N11. The summed E-state index contributed by atoms with van der Waals surface area (Å²) in [4.78, 5) is 7.53. The number of hydrogen-bond donors (Lipinski definition) is 8. The van der Waals surface area contributed by atoms with E-state index in [0.717, 1.165) is 124 Å². The van der Waals surface area contributed by atoms with Gasteiger partial charge in [-0.2, -0.15) is 0 Å². The summed E-state index contributed by atoms with van der Waals surface area (Å²) in [5.74, 6) is 0.625. The first-order chi connectivity index (χ1) is 18.1. The Labute approximate surface area is 228 Å². The Kier molecular flexibility index (Phi) is 28.2. The highest BCUT2D eigenvalue weighted by molar-refractivity contribution is 4.70. The highest BCUT2D eigenvalue weighted by Crippen LogP contribution is 2.13. The van der Waals surface area contributed by atoms with Gasteiger partial charge in [0.1, 0.15) is 0 Å². The first-order valence-electron chi connectivity index (χ1n) is 14.9. The molecule has 11 heteroatoms. The molecule has 37 heavy (non-hydrogen) atoms. The molecule has 0 radical (unpaired) electrons. The number of hydrogen-bond acceptors (Lipinski definition) is 11. The molecule has 0 saturated carbocycles. The summed E-state index contributed by atoms with van der Waals surface area (Å²) < 4.78 is 0. The van der Waals surface area contributed by atoms with Crippen LogP contribution in [0.15, 0.2) is 0 Å². The maximum atomic E-state index is 5.85. The van der Waals surface area contributed by atoms with E-state index in [1.54, 1.807) is 0 Å². The van der Waals surface area contributed by atoms with Gasteiger partial charge in [-0.15, -0.1) is 0 Å². The molecule has 0 unspecified atom stereocenters. The van der Waals surface area contributed by atoms with Crippen LogP contribution in [0.4, 0.5) is 0 Å². The van der Waals surface area contributed by atoms with Crippen molar-refractivity contribution >= 4 is 0 Å². The summed E-state index contributed by atoms with van der Waals surface area (Å²) in [6.07, 6.45) is 6.82. The molecule has 0 rings (SSSR count). The number of rotatable bonds is 30. The van der Waals surface area contributed by atoms with E-state index in [4.69, 9.17) is 34.4 Å². The van der Waals surface area contributed by atoms with Gasteiger partial charge < -0.3 is 49.9 Å². The predicted molar refractivity (Wildman–Crippen MR) is 161 cm³/mol. The first-order valence-corrected chi connectivity index (χ1v) is 14.9. The second-order valence-corrected chi connectivity index (χ2v) is 10.0. The minimum Gasteiger partial charge on any atom is -0.330 e. The van der Waals surface area contributed by atoms with Crippen LogP contribution in [-0.2, 0) is 0 Å². The van der Waals surface area contributed by atoms with E-state index < -0.39 is 0 Å². The summed E-state index contributed by atoms with van der Waals surface area (Å²) in [7, 11) is 0. The Morgan fingerprint density at radius 3 is 1.38 bits per heavy atom. The lowest BCUT2D eigenvalue weighted by atomic mass is 9.97. The quantitative estimate of drug-likeness (QED) is 0.0469. The van der Waals surface area contributed by atoms with E-state index in [1.165, 1.54) is 19.3 Å². The average Bonchev–Trinajstić information content (AvgIpc) is 2.89. The Balaban J connectivity index is 4.75. The number of unbranched alkanes of at least 4 members (excludes halogenated alkanes) is 2. The van der Waals surface area contributed by atoms with Gasteiger partial charge in [0, 0.05) is 91.6 Å². The van der Waals surface area contributed by atoms with Gasteiger partial charge in [0.15, 0.2) is 0 Å². The molecule has 224 valence electrons. The van der Waals surface area contributed by atoms with Gasteiger partial charge in [0.25, 0.3) is 0 Å². The number of nitrogens with one attached hydrogen (secondary N) is 2. The van der Waals surface area contributed by atoms with E-state index in [1.807, 2.05) is 0 Å². The molecule has 0 spiro atoms. The second-order valence-electron chi connectivity index (χ2n) is 10.0. The standard InChI is InChI=1S/C26H65N11/c27-7-2-1-3-17-35(18-6-26(4-8-28)5-9-29)24-25-37(22-14-33-13-10-30)23-16-34-15-21-36(19-11-31)20-12-32/h26,33-34H,1-25,27-32H2. The fourth-order valence-electron chi connectivity index (χ4n) is 4.64. The van der Waals surface area contributed by atoms with Crippen LogP contribution in [0, 0.1) is 5.92 Å². The maximum absolute atomic E-state index is 5.85. The molecular weight excluding hydrogens is 466 g/mol. The summed E-state index contributed by atoms with van der Waals surface area (Å²) >= 11 is 0. The average molecular weight is 532 g/mol. The van der Waals surface area contributed by atoms with Gasteiger partial charge in [-0.3, -0.25) is 9.80 Å². The minimum atomic E-state index is 0.625. The summed E-state index contributed by atoms with van der Waals surface area (Å²) in [5, 5.41) is 7.06. The minimum absolute atomic E-state index is 0.625. The largest absolute Gasteiger partial charge is 0.330 e. The van der Waals surface area contributed by atoms with E-state index in [9.17, 15) is 0 Å². The fraction of sp³-hybridized carbons (Fsp3) is 1.00. The first kappa shape index (κ1) is 36.6. The van der Waals surface area contributed by atoms with Gasteiger partial charge in [-0.25, -0.2) is 0 Å². The molecule has 11 nitrogen and oxygen atoms in total. The normalized spacial score (nSPS) is 12.2. The molecule has 0 bridgehead atoms. The Hall–Kier alpha value is -0.440. The van der Waals surface area contributed by atoms with Crippen LogP contribution in [0.3, 0.4) is 0 Å². The molecule has 0 aromatic rings. The Morgan fingerprint density at radius 1 is 0.378 bits per heavy atom. The lowest BCUT2D eigenvalue weighted by Crippen LogP contribution is -2.44. The maximum Gasteiger partial charge on any atom is 0.0110 e. The van der Waals surface area contributed by atoms with Gasteiger partial charge in [0.05, 0.1) is 0 Å². The van der Waals surface area contributed by atoms with E-state index in [0.29, 0.717) is 25.6 Å². The van der Waals surface area contributed by atoms with Crippen molar-refractivity contribution in [3.63, 3.8) is 0 Å². The molecule has 14 N–H and O–H groups in total. The van der Waals surface area contributed by atoms with Crippen LogP contribution < -0.4 is 45.0 Å². The van der Waals surface area contributed by atoms with Gasteiger partial charge in [0.2, 0.25) is 0 Å². The fourth-order valence-corrected chi connectivity index (χ4v) is 4.64. The lowest BCUT2D eigenvalue weighted by Gasteiger charge is -2.29. The zero-order valence-corrected chi connectivity index (χ0v) is 24.1. The molecule has 0 heterocycles. The molecule has 0 atom stereocenters. The molecule has 0 aliphatic rings. The topological polar surface area (TPSA) is 190 Å². The molecule has 0 aromatic heterocycles. The van der Waals surface area contributed by atoms with Crippen molar-refractivity contribution in [3.8, 4) is 0 Å². The monoisotopic (exact) mass is 532 g/mol. The molecule has 0 aliphatic heterocycles. The van der Waals surface area contributed by atoms with Crippen molar-refractivity contribution in [3.05, 3.63) is 0 Å². The smallest absolute Gasteiger partial charge is 0.0110 e.